The van der Waals surface area contributed by atoms with E-state index in [4.69, 9.17) is 0 Å². The highest BCUT2D eigenvalue weighted by atomic mass is 14.9. The highest BCUT2D eigenvalue weighted by molar-refractivity contribution is 5.63. The molecule has 1 N–H and O–H groups in total. The van der Waals surface area contributed by atoms with E-state index in [9.17, 15) is 0 Å². The summed E-state index contributed by atoms with van der Waals surface area (Å²) in [6.07, 6.45) is 2.75. The van der Waals surface area contributed by atoms with Crippen molar-refractivity contribution in [2.75, 3.05) is 6.54 Å². The number of benzene rings is 2. The van der Waals surface area contributed by atoms with Crippen LogP contribution < -0.4 is 5.32 Å². The third-order valence-electron chi connectivity index (χ3n) is 3.89. The van der Waals surface area contributed by atoms with Crippen molar-refractivity contribution in [2.45, 2.75) is 25.8 Å². The molecule has 0 amide bonds. The van der Waals surface area contributed by atoms with Crippen molar-refractivity contribution in [1.82, 2.24) is 5.32 Å². The maximum atomic E-state index is 3.62. The third kappa shape index (κ3) is 2.87. The zero-order valence-electron chi connectivity index (χ0n) is 11.5. The van der Waals surface area contributed by atoms with Gasteiger partial charge < -0.3 is 5.32 Å². The van der Waals surface area contributed by atoms with E-state index >= 15 is 0 Å². The minimum Gasteiger partial charge on any atom is -0.310 e. The summed E-state index contributed by atoms with van der Waals surface area (Å²) in [5, 5.41) is 3.62. The van der Waals surface area contributed by atoms with Crippen molar-refractivity contribution in [1.29, 1.82) is 0 Å². The van der Waals surface area contributed by atoms with Crippen LogP contribution in [0.5, 0.6) is 0 Å². The van der Waals surface area contributed by atoms with Crippen molar-refractivity contribution in [3.05, 3.63) is 60.2 Å². The molecule has 0 aromatic heterocycles. The summed E-state index contributed by atoms with van der Waals surface area (Å²) in [5.74, 6) is 0.850. The van der Waals surface area contributed by atoms with Crippen LogP contribution in [0, 0.1) is 5.92 Å². The van der Waals surface area contributed by atoms with Gasteiger partial charge in [-0.25, -0.2) is 0 Å². The molecule has 1 saturated carbocycles. The molecule has 0 heterocycles. The molecule has 1 atom stereocenters. The van der Waals surface area contributed by atoms with Gasteiger partial charge in [0.15, 0.2) is 0 Å². The quantitative estimate of drug-likeness (QED) is 0.829. The molecular weight excluding hydrogens is 230 g/mol. The van der Waals surface area contributed by atoms with Crippen LogP contribution in [0.4, 0.5) is 0 Å². The highest BCUT2D eigenvalue weighted by Crippen LogP contribution is 2.41. The van der Waals surface area contributed by atoms with Crippen molar-refractivity contribution in [3.63, 3.8) is 0 Å². The monoisotopic (exact) mass is 251 g/mol. The summed E-state index contributed by atoms with van der Waals surface area (Å²) in [5.41, 5.74) is 4.03. The summed E-state index contributed by atoms with van der Waals surface area (Å²) in [6.45, 7) is 3.23. The SMILES string of the molecule is CCNC(c1ccc(-c2ccccc2)cc1)C1CC1. The van der Waals surface area contributed by atoms with Gasteiger partial charge in [-0.1, -0.05) is 61.5 Å². The second-order valence-corrected chi connectivity index (χ2v) is 5.36. The average Bonchev–Trinajstić information content (AvgIpc) is 3.31. The lowest BCUT2D eigenvalue weighted by Crippen LogP contribution is -2.22. The van der Waals surface area contributed by atoms with E-state index in [1.807, 2.05) is 0 Å². The summed E-state index contributed by atoms with van der Waals surface area (Å²) < 4.78 is 0. The minimum absolute atomic E-state index is 0.551. The summed E-state index contributed by atoms with van der Waals surface area (Å²) >= 11 is 0. The van der Waals surface area contributed by atoms with Crippen molar-refractivity contribution < 1.29 is 0 Å². The lowest BCUT2D eigenvalue weighted by atomic mass is 9.98. The normalized spacial score (nSPS) is 16.3. The molecule has 1 nitrogen and oxygen atoms in total. The number of hydrogen-bond acceptors (Lipinski definition) is 1. The van der Waals surface area contributed by atoms with Gasteiger partial charge in [-0.05, 0) is 42.0 Å². The van der Waals surface area contributed by atoms with E-state index in [-0.39, 0.29) is 0 Å². The van der Waals surface area contributed by atoms with Gasteiger partial charge in [-0.2, -0.15) is 0 Å². The Kier molecular flexibility index (Phi) is 3.65. The van der Waals surface area contributed by atoms with E-state index in [2.05, 4.69) is 66.8 Å². The molecule has 2 aromatic rings. The van der Waals surface area contributed by atoms with Crippen LogP contribution >= 0.6 is 0 Å². The molecule has 2 aromatic carbocycles. The van der Waals surface area contributed by atoms with Gasteiger partial charge in [0.2, 0.25) is 0 Å². The van der Waals surface area contributed by atoms with E-state index in [1.165, 1.54) is 29.5 Å². The first kappa shape index (κ1) is 12.4. The molecule has 0 spiro atoms. The molecule has 1 fully saturated rings. The van der Waals surface area contributed by atoms with Gasteiger partial charge in [0.25, 0.3) is 0 Å². The summed E-state index contributed by atoms with van der Waals surface area (Å²) in [4.78, 5) is 0. The molecule has 0 saturated heterocycles. The fraction of sp³-hybridized carbons (Fsp3) is 0.333. The topological polar surface area (TPSA) is 12.0 Å². The molecule has 1 aliphatic carbocycles. The van der Waals surface area contributed by atoms with Crippen LogP contribution in [0.15, 0.2) is 54.6 Å². The van der Waals surface area contributed by atoms with Crippen LogP contribution in [0.1, 0.15) is 31.4 Å². The fourth-order valence-electron chi connectivity index (χ4n) is 2.72. The first-order valence-corrected chi connectivity index (χ1v) is 7.27. The Hall–Kier alpha value is -1.60. The van der Waals surface area contributed by atoms with E-state index in [0.29, 0.717) is 6.04 Å². The molecule has 3 rings (SSSR count). The number of rotatable bonds is 5. The second-order valence-electron chi connectivity index (χ2n) is 5.36. The van der Waals surface area contributed by atoms with Crippen molar-refractivity contribution in [2.24, 2.45) is 5.92 Å². The molecule has 1 aliphatic rings. The Bertz CT molecular complexity index is 511. The first-order valence-electron chi connectivity index (χ1n) is 7.27. The standard InChI is InChI=1S/C18H21N/c1-2-19-18(17-12-13-17)16-10-8-15(9-11-16)14-6-4-3-5-7-14/h3-11,17-19H,2,12-13H2,1H3. The van der Waals surface area contributed by atoms with Gasteiger partial charge in [0, 0.05) is 6.04 Å². The Morgan fingerprint density at radius 3 is 2.16 bits per heavy atom. The van der Waals surface area contributed by atoms with Crippen LogP contribution in [0.25, 0.3) is 11.1 Å². The van der Waals surface area contributed by atoms with Gasteiger partial charge in [0.05, 0.1) is 0 Å². The highest BCUT2D eigenvalue weighted by Gasteiger charge is 2.31. The molecule has 0 aliphatic heterocycles. The van der Waals surface area contributed by atoms with E-state index in [1.54, 1.807) is 0 Å². The lowest BCUT2D eigenvalue weighted by Gasteiger charge is -2.18. The molecule has 19 heavy (non-hydrogen) atoms. The maximum Gasteiger partial charge on any atom is 0.0348 e. The molecule has 1 unspecified atom stereocenters. The van der Waals surface area contributed by atoms with E-state index < -0.39 is 0 Å². The summed E-state index contributed by atoms with van der Waals surface area (Å²) in [7, 11) is 0. The van der Waals surface area contributed by atoms with Crippen LogP contribution in [0.3, 0.4) is 0 Å². The van der Waals surface area contributed by atoms with Crippen LogP contribution in [-0.4, -0.2) is 6.54 Å². The Morgan fingerprint density at radius 2 is 1.58 bits per heavy atom. The number of nitrogens with one attached hydrogen (secondary N) is 1. The van der Waals surface area contributed by atoms with Crippen molar-refractivity contribution >= 4 is 0 Å². The Labute approximate surface area is 115 Å². The largest absolute Gasteiger partial charge is 0.310 e. The third-order valence-corrected chi connectivity index (χ3v) is 3.89. The smallest absolute Gasteiger partial charge is 0.0348 e. The van der Waals surface area contributed by atoms with Gasteiger partial charge in [-0.3, -0.25) is 0 Å². The van der Waals surface area contributed by atoms with Crippen LogP contribution in [0.2, 0.25) is 0 Å². The fourth-order valence-corrected chi connectivity index (χ4v) is 2.72. The minimum atomic E-state index is 0.551. The van der Waals surface area contributed by atoms with Gasteiger partial charge in [0.1, 0.15) is 0 Å². The lowest BCUT2D eigenvalue weighted by molar-refractivity contribution is 0.496. The van der Waals surface area contributed by atoms with Gasteiger partial charge in [-0.15, -0.1) is 0 Å². The predicted molar refractivity (Wildman–Crippen MR) is 81.0 cm³/mol. The maximum absolute atomic E-state index is 3.62. The molecular formula is C18H21N. The zero-order valence-corrected chi connectivity index (χ0v) is 11.5. The van der Waals surface area contributed by atoms with E-state index in [0.717, 1.165) is 12.5 Å². The second kappa shape index (κ2) is 5.58. The molecule has 1 heteroatoms. The predicted octanol–water partition coefficient (Wildman–Crippen LogP) is 4.41. The van der Waals surface area contributed by atoms with Crippen LogP contribution in [-0.2, 0) is 0 Å². The molecule has 0 radical (unpaired) electrons. The van der Waals surface area contributed by atoms with Gasteiger partial charge >= 0.3 is 0 Å². The first-order chi connectivity index (χ1) is 9.38. The Morgan fingerprint density at radius 1 is 0.947 bits per heavy atom. The zero-order chi connectivity index (χ0) is 13.1. The average molecular weight is 251 g/mol. The summed E-state index contributed by atoms with van der Waals surface area (Å²) in [6, 6.07) is 20.2. The molecule has 98 valence electrons. The number of hydrogen-bond donors (Lipinski definition) is 1. The van der Waals surface area contributed by atoms with Crippen molar-refractivity contribution in [3.8, 4) is 11.1 Å². The molecule has 0 bridgehead atoms. The Balaban J connectivity index is 1.82.